The molecule has 37 heavy (non-hydrogen) atoms. The summed E-state index contributed by atoms with van der Waals surface area (Å²) >= 11 is 4.88. The van der Waals surface area contributed by atoms with Gasteiger partial charge in [-0.05, 0) is 65.7 Å². The van der Waals surface area contributed by atoms with E-state index < -0.39 is 12.0 Å². The molecule has 0 fully saturated rings. The fraction of sp³-hybridized carbons (Fsp3) is 0.296. The van der Waals surface area contributed by atoms with Crippen LogP contribution >= 0.6 is 27.3 Å². The number of carbonyl (C=O) groups is 1. The summed E-state index contributed by atoms with van der Waals surface area (Å²) in [5.74, 6) is 0.556. The van der Waals surface area contributed by atoms with E-state index in [4.69, 9.17) is 14.2 Å². The number of hydrogen-bond donors (Lipinski definition) is 0. The van der Waals surface area contributed by atoms with Gasteiger partial charge in [-0.15, -0.1) is 0 Å². The zero-order chi connectivity index (χ0) is 26.9. The predicted octanol–water partition coefficient (Wildman–Crippen LogP) is 3.64. The highest BCUT2D eigenvalue weighted by Gasteiger charge is 2.35. The molecule has 0 saturated heterocycles. The standard InChI is InChI=1S/C27H28BrN3O5S/c1-7-36-26(33)23-15(2)29-27-31(24(23)18-10-9-17(34-5)14-21(18)35-6)25(32)22(37-27)13-16-8-11-20(30(3)4)19(28)12-16/h8-14,24H,7H2,1-6H3. The minimum Gasteiger partial charge on any atom is -0.497 e. The summed E-state index contributed by atoms with van der Waals surface area (Å²) in [6.07, 6.45) is 1.83. The second-order valence-corrected chi connectivity index (χ2v) is 10.4. The third-order valence-electron chi connectivity index (χ3n) is 6.00. The van der Waals surface area contributed by atoms with Crippen molar-refractivity contribution < 1.29 is 19.0 Å². The lowest BCUT2D eigenvalue weighted by Crippen LogP contribution is -2.40. The van der Waals surface area contributed by atoms with E-state index in [2.05, 4.69) is 20.9 Å². The third kappa shape index (κ3) is 5.08. The lowest BCUT2D eigenvalue weighted by molar-refractivity contribution is -0.139. The van der Waals surface area contributed by atoms with Crippen LogP contribution in [-0.4, -0.2) is 45.5 Å². The predicted molar refractivity (Wildman–Crippen MR) is 148 cm³/mol. The van der Waals surface area contributed by atoms with Gasteiger partial charge in [-0.25, -0.2) is 9.79 Å². The van der Waals surface area contributed by atoms with Crippen LogP contribution in [0.5, 0.6) is 11.5 Å². The number of anilines is 1. The van der Waals surface area contributed by atoms with Crippen LogP contribution in [0.25, 0.3) is 6.08 Å². The van der Waals surface area contributed by atoms with Crippen molar-refractivity contribution in [2.45, 2.75) is 19.9 Å². The Balaban J connectivity index is 1.96. The average Bonchev–Trinajstić information content (AvgIpc) is 3.16. The fourth-order valence-electron chi connectivity index (χ4n) is 4.26. The van der Waals surface area contributed by atoms with Gasteiger partial charge in [0.2, 0.25) is 0 Å². The van der Waals surface area contributed by atoms with E-state index in [1.807, 2.05) is 43.3 Å². The first-order valence-corrected chi connectivity index (χ1v) is 13.2. The summed E-state index contributed by atoms with van der Waals surface area (Å²) in [4.78, 5) is 34.1. The SMILES string of the molecule is CCOC(=O)C1=C(C)N=c2sc(=Cc3ccc(N(C)C)c(Br)c3)c(=O)n2C1c1ccc(OC)cc1OC. The maximum absolute atomic E-state index is 13.8. The van der Waals surface area contributed by atoms with Gasteiger partial charge in [0.15, 0.2) is 4.80 Å². The quantitative estimate of drug-likeness (QED) is 0.394. The summed E-state index contributed by atoms with van der Waals surface area (Å²) in [6.45, 7) is 3.69. The Morgan fingerprint density at radius 2 is 1.95 bits per heavy atom. The Bertz CT molecular complexity index is 1570. The Hall–Kier alpha value is -3.37. The third-order valence-corrected chi connectivity index (χ3v) is 7.62. The largest absolute Gasteiger partial charge is 0.497 e. The molecule has 8 nitrogen and oxygen atoms in total. The second kappa shape index (κ2) is 10.9. The van der Waals surface area contributed by atoms with Gasteiger partial charge in [0.25, 0.3) is 5.56 Å². The van der Waals surface area contributed by atoms with Crippen LogP contribution in [0.3, 0.4) is 0 Å². The zero-order valence-corrected chi connectivity index (χ0v) is 23.9. The smallest absolute Gasteiger partial charge is 0.338 e. The van der Waals surface area contributed by atoms with E-state index in [0.29, 0.717) is 37.7 Å². The van der Waals surface area contributed by atoms with Crippen LogP contribution < -0.4 is 29.3 Å². The topological polar surface area (TPSA) is 82.4 Å². The van der Waals surface area contributed by atoms with Gasteiger partial charge < -0.3 is 19.1 Å². The Kier molecular flexibility index (Phi) is 7.89. The van der Waals surface area contributed by atoms with Gasteiger partial charge in [0.05, 0.1) is 42.3 Å². The minimum atomic E-state index is -0.777. The molecule has 2 heterocycles. The fourth-order valence-corrected chi connectivity index (χ4v) is 6.05. The molecule has 3 aromatic rings. The maximum atomic E-state index is 13.8. The number of benzene rings is 2. The van der Waals surface area contributed by atoms with Crippen molar-refractivity contribution in [3.63, 3.8) is 0 Å². The summed E-state index contributed by atoms with van der Waals surface area (Å²) in [7, 11) is 7.04. The Labute approximate surface area is 227 Å². The van der Waals surface area contributed by atoms with Crippen molar-refractivity contribution in [1.29, 1.82) is 0 Å². The highest BCUT2D eigenvalue weighted by atomic mass is 79.9. The molecule has 10 heteroatoms. The first-order chi connectivity index (χ1) is 17.7. The number of thiazole rings is 1. The molecule has 0 aliphatic carbocycles. The molecule has 1 aromatic heterocycles. The molecule has 2 aromatic carbocycles. The molecule has 0 saturated carbocycles. The van der Waals surface area contributed by atoms with Crippen LogP contribution in [0.4, 0.5) is 5.69 Å². The molecule has 0 N–H and O–H groups in total. The van der Waals surface area contributed by atoms with Crippen LogP contribution in [0.2, 0.25) is 0 Å². The Morgan fingerprint density at radius 3 is 2.57 bits per heavy atom. The monoisotopic (exact) mass is 585 g/mol. The number of esters is 1. The average molecular weight is 587 g/mol. The summed E-state index contributed by atoms with van der Waals surface area (Å²) in [6, 6.07) is 10.4. The summed E-state index contributed by atoms with van der Waals surface area (Å²) in [5.41, 5.74) is 3.05. The van der Waals surface area contributed by atoms with Crippen LogP contribution in [-0.2, 0) is 9.53 Å². The van der Waals surface area contributed by atoms with Gasteiger partial charge in [-0.3, -0.25) is 9.36 Å². The highest BCUT2D eigenvalue weighted by Crippen LogP contribution is 2.37. The first kappa shape index (κ1) is 26.7. The number of allylic oxidation sites excluding steroid dienone is 1. The van der Waals surface area contributed by atoms with E-state index in [9.17, 15) is 9.59 Å². The lowest BCUT2D eigenvalue weighted by Gasteiger charge is -2.26. The van der Waals surface area contributed by atoms with Gasteiger partial charge >= 0.3 is 5.97 Å². The molecule has 1 aliphatic rings. The second-order valence-electron chi connectivity index (χ2n) is 8.52. The lowest BCUT2D eigenvalue weighted by atomic mass is 9.95. The maximum Gasteiger partial charge on any atom is 0.338 e. The van der Waals surface area contributed by atoms with Crippen molar-refractivity contribution in [3.05, 3.63) is 83.0 Å². The number of rotatable bonds is 7. The molecule has 1 atom stereocenters. The van der Waals surface area contributed by atoms with Crippen molar-refractivity contribution in [3.8, 4) is 11.5 Å². The Morgan fingerprint density at radius 1 is 1.19 bits per heavy atom. The molecule has 1 aliphatic heterocycles. The van der Waals surface area contributed by atoms with Crippen molar-refractivity contribution in [1.82, 2.24) is 4.57 Å². The van der Waals surface area contributed by atoms with Crippen molar-refractivity contribution >= 4 is 45.0 Å². The molecule has 0 radical (unpaired) electrons. The molecule has 0 amide bonds. The van der Waals surface area contributed by atoms with E-state index in [-0.39, 0.29) is 12.2 Å². The van der Waals surface area contributed by atoms with Crippen LogP contribution in [0.1, 0.15) is 31.0 Å². The molecule has 0 bridgehead atoms. The normalized spacial score (nSPS) is 15.2. The summed E-state index contributed by atoms with van der Waals surface area (Å²) in [5, 5.41) is 0. The number of hydrogen-bond acceptors (Lipinski definition) is 8. The van der Waals surface area contributed by atoms with Crippen LogP contribution in [0.15, 0.2) is 61.9 Å². The number of aromatic nitrogens is 1. The van der Waals surface area contributed by atoms with E-state index >= 15 is 0 Å². The van der Waals surface area contributed by atoms with Crippen molar-refractivity contribution in [2.75, 3.05) is 39.8 Å². The van der Waals surface area contributed by atoms with Gasteiger partial charge in [0.1, 0.15) is 17.5 Å². The number of methoxy groups -OCH3 is 2. The first-order valence-electron chi connectivity index (χ1n) is 11.6. The molecular formula is C27H28BrN3O5S. The molecule has 0 spiro atoms. The van der Waals surface area contributed by atoms with E-state index in [1.54, 1.807) is 43.7 Å². The zero-order valence-electron chi connectivity index (χ0n) is 21.5. The van der Waals surface area contributed by atoms with Gasteiger partial charge in [0, 0.05) is 30.2 Å². The molecule has 4 rings (SSSR count). The summed E-state index contributed by atoms with van der Waals surface area (Å²) < 4.78 is 19.3. The van der Waals surface area contributed by atoms with Gasteiger partial charge in [-0.2, -0.15) is 0 Å². The number of ether oxygens (including phenoxy) is 3. The number of nitrogens with zero attached hydrogens (tertiary/aromatic N) is 3. The number of halogens is 1. The van der Waals surface area contributed by atoms with Gasteiger partial charge in [-0.1, -0.05) is 17.4 Å². The van der Waals surface area contributed by atoms with Crippen molar-refractivity contribution in [2.24, 2.45) is 4.99 Å². The minimum absolute atomic E-state index is 0.199. The highest BCUT2D eigenvalue weighted by molar-refractivity contribution is 9.10. The number of fused-ring (bicyclic) bond motifs is 1. The van der Waals surface area contributed by atoms with Crippen LogP contribution in [0, 0.1) is 0 Å². The van der Waals surface area contributed by atoms with E-state index in [1.165, 1.54) is 18.4 Å². The number of carbonyl (C=O) groups excluding carboxylic acids is 1. The molecule has 194 valence electrons. The molecule has 1 unspecified atom stereocenters. The molecular weight excluding hydrogens is 558 g/mol. The van der Waals surface area contributed by atoms with E-state index in [0.717, 1.165) is 15.7 Å².